The van der Waals surface area contributed by atoms with Gasteiger partial charge >= 0.3 is 12.0 Å². The van der Waals surface area contributed by atoms with E-state index in [1.54, 1.807) is 0 Å². The highest BCUT2D eigenvalue weighted by atomic mass is 35.5. The minimum absolute atomic E-state index is 0.0235. The third-order valence-electron chi connectivity index (χ3n) is 0.895. The van der Waals surface area contributed by atoms with Crippen LogP contribution in [0.4, 0.5) is 0 Å². The van der Waals surface area contributed by atoms with E-state index in [1.807, 2.05) is 0 Å². The molecule has 1 heterocycles. The van der Waals surface area contributed by atoms with Gasteiger partial charge in [-0.2, -0.15) is 9.97 Å². The molecule has 1 aromatic rings. The molecule has 0 saturated heterocycles. The van der Waals surface area contributed by atoms with Crippen LogP contribution in [0, 0.1) is 0 Å². The number of hydrogen-bond donors (Lipinski definition) is 0. The number of nitrogens with zero attached hydrogens (tertiary/aromatic N) is 3. The van der Waals surface area contributed by atoms with E-state index in [2.05, 4.69) is 15.0 Å². The van der Waals surface area contributed by atoms with Crippen molar-refractivity contribution < 1.29 is 9.47 Å². The van der Waals surface area contributed by atoms with Crippen LogP contribution >= 0.6 is 23.2 Å². The molecule has 7 heteroatoms. The van der Waals surface area contributed by atoms with Crippen molar-refractivity contribution in [2.75, 3.05) is 12.1 Å². The molecule has 1 aromatic heterocycles. The molecule has 66 valence electrons. The molecule has 0 N–H and O–H groups in total. The first kappa shape index (κ1) is 9.28. The Bertz CT molecular complexity index is 227. The molecule has 0 saturated carbocycles. The second kappa shape index (κ2) is 4.95. The van der Waals surface area contributed by atoms with Gasteiger partial charge in [-0.05, 0) is 0 Å². The van der Waals surface area contributed by atoms with Crippen molar-refractivity contribution in [3.05, 3.63) is 6.33 Å². The molecule has 0 aliphatic carbocycles. The van der Waals surface area contributed by atoms with Crippen LogP contribution in [-0.2, 0) is 0 Å². The predicted molar refractivity (Wildman–Crippen MR) is 42.5 cm³/mol. The van der Waals surface area contributed by atoms with Crippen LogP contribution < -0.4 is 9.47 Å². The largest absolute Gasteiger partial charge is 0.447 e. The van der Waals surface area contributed by atoms with Crippen LogP contribution in [0.1, 0.15) is 0 Å². The molecule has 0 aliphatic rings. The molecular weight excluding hydrogens is 205 g/mol. The van der Waals surface area contributed by atoms with E-state index in [0.717, 1.165) is 0 Å². The second-order valence-corrected chi connectivity index (χ2v) is 1.99. The highest BCUT2D eigenvalue weighted by Crippen LogP contribution is 2.06. The molecule has 0 radical (unpaired) electrons. The van der Waals surface area contributed by atoms with E-state index in [-0.39, 0.29) is 24.2 Å². The summed E-state index contributed by atoms with van der Waals surface area (Å²) in [6.07, 6.45) is 1.25. The van der Waals surface area contributed by atoms with Gasteiger partial charge in [0.15, 0.2) is 12.1 Å². The lowest BCUT2D eigenvalue weighted by atomic mass is 11.0. The van der Waals surface area contributed by atoms with Crippen LogP contribution in [0.2, 0.25) is 0 Å². The van der Waals surface area contributed by atoms with Gasteiger partial charge in [-0.1, -0.05) is 23.2 Å². The zero-order chi connectivity index (χ0) is 8.81. The molecule has 0 spiro atoms. The minimum Gasteiger partial charge on any atom is -0.447 e. The number of ether oxygens (including phenoxy) is 2. The third kappa shape index (κ3) is 2.67. The summed E-state index contributed by atoms with van der Waals surface area (Å²) in [7, 11) is 0. The monoisotopic (exact) mass is 209 g/mol. The van der Waals surface area contributed by atoms with Gasteiger partial charge in [-0.15, -0.1) is 4.98 Å². The van der Waals surface area contributed by atoms with Gasteiger partial charge in [-0.25, -0.2) is 0 Å². The van der Waals surface area contributed by atoms with Crippen molar-refractivity contribution in [2.24, 2.45) is 0 Å². The quantitative estimate of drug-likeness (QED) is 0.694. The minimum atomic E-state index is -0.0235. The smallest absolute Gasteiger partial charge is 0.323 e. The van der Waals surface area contributed by atoms with E-state index in [9.17, 15) is 0 Å². The first-order valence-electron chi connectivity index (χ1n) is 2.93. The van der Waals surface area contributed by atoms with E-state index in [4.69, 9.17) is 32.7 Å². The Morgan fingerprint density at radius 3 is 2.00 bits per heavy atom. The molecule has 1 rings (SSSR count). The van der Waals surface area contributed by atoms with Crippen LogP contribution in [0.3, 0.4) is 0 Å². The lowest BCUT2D eigenvalue weighted by Gasteiger charge is -2.00. The molecule has 0 amide bonds. The van der Waals surface area contributed by atoms with Crippen LogP contribution in [0.25, 0.3) is 0 Å². The van der Waals surface area contributed by atoms with Gasteiger partial charge in [0.2, 0.25) is 0 Å². The number of hydrogen-bond acceptors (Lipinski definition) is 5. The lowest BCUT2D eigenvalue weighted by Crippen LogP contribution is -2.00. The van der Waals surface area contributed by atoms with Gasteiger partial charge in [-0.3, -0.25) is 0 Å². The summed E-state index contributed by atoms with van der Waals surface area (Å²) >= 11 is 10.6. The number of aromatic nitrogens is 3. The zero-order valence-corrected chi connectivity index (χ0v) is 7.42. The first-order chi connectivity index (χ1) is 5.86. The van der Waals surface area contributed by atoms with Gasteiger partial charge in [0.1, 0.15) is 6.33 Å². The summed E-state index contributed by atoms with van der Waals surface area (Å²) in [5, 5.41) is 0. The fraction of sp³-hybridized carbons (Fsp3) is 0.400. The highest BCUT2D eigenvalue weighted by Gasteiger charge is 2.00. The van der Waals surface area contributed by atoms with Crippen molar-refractivity contribution in [3.8, 4) is 12.0 Å². The lowest BCUT2D eigenvalue weighted by molar-refractivity contribution is 0.317. The van der Waals surface area contributed by atoms with E-state index in [0.29, 0.717) is 0 Å². The molecule has 0 atom stereocenters. The molecule has 12 heavy (non-hydrogen) atoms. The summed E-state index contributed by atoms with van der Waals surface area (Å²) in [6.45, 7) is 0. The van der Waals surface area contributed by atoms with E-state index in [1.165, 1.54) is 6.33 Å². The second-order valence-electron chi connectivity index (χ2n) is 1.56. The average molecular weight is 210 g/mol. The Morgan fingerprint density at radius 2 is 1.58 bits per heavy atom. The molecule has 0 bridgehead atoms. The summed E-state index contributed by atoms with van der Waals surface area (Å²) in [5.41, 5.74) is 0. The maximum absolute atomic E-state index is 5.28. The predicted octanol–water partition coefficient (Wildman–Crippen LogP) is 1.02. The highest BCUT2D eigenvalue weighted by molar-refractivity contribution is 6.17. The number of halogens is 2. The fourth-order valence-corrected chi connectivity index (χ4v) is 0.699. The van der Waals surface area contributed by atoms with Crippen molar-refractivity contribution in [2.45, 2.75) is 0 Å². The number of rotatable bonds is 4. The van der Waals surface area contributed by atoms with Crippen molar-refractivity contribution >= 4 is 23.2 Å². The average Bonchev–Trinajstić information content (AvgIpc) is 2.06. The van der Waals surface area contributed by atoms with Crippen LogP contribution in [0.15, 0.2) is 6.33 Å². The zero-order valence-electron chi connectivity index (χ0n) is 5.91. The van der Waals surface area contributed by atoms with Crippen molar-refractivity contribution in [1.82, 2.24) is 15.0 Å². The molecule has 0 fully saturated rings. The normalized spacial score (nSPS) is 9.50. The van der Waals surface area contributed by atoms with Gasteiger partial charge in [0, 0.05) is 0 Å². The van der Waals surface area contributed by atoms with E-state index < -0.39 is 0 Å². The summed E-state index contributed by atoms with van der Waals surface area (Å²) < 4.78 is 9.55. The molecule has 0 unspecified atom stereocenters. The van der Waals surface area contributed by atoms with Gasteiger partial charge < -0.3 is 9.47 Å². The Morgan fingerprint density at radius 1 is 1.08 bits per heavy atom. The maximum atomic E-state index is 5.28. The Hall–Kier alpha value is -0.810. The summed E-state index contributed by atoms with van der Waals surface area (Å²) in [5.74, 6) is 0. The van der Waals surface area contributed by atoms with Crippen molar-refractivity contribution in [3.63, 3.8) is 0 Å². The molecular formula is C5H5Cl2N3O2. The Labute approximate surface area is 78.7 Å². The molecule has 0 aliphatic heterocycles. The van der Waals surface area contributed by atoms with Crippen LogP contribution in [0.5, 0.6) is 12.0 Å². The molecule has 5 nitrogen and oxygen atoms in total. The maximum Gasteiger partial charge on any atom is 0.323 e. The fourth-order valence-electron chi connectivity index (χ4n) is 0.504. The third-order valence-corrected chi connectivity index (χ3v) is 1.11. The van der Waals surface area contributed by atoms with Crippen molar-refractivity contribution in [1.29, 1.82) is 0 Å². The first-order valence-corrected chi connectivity index (χ1v) is 4.00. The molecule has 0 aromatic carbocycles. The van der Waals surface area contributed by atoms with Crippen LogP contribution in [-0.4, -0.2) is 27.1 Å². The summed E-state index contributed by atoms with van der Waals surface area (Å²) in [4.78, 5) is 11.0. The number of alkyl halides is 2. The van der Waals surface area contributed by atoms with Gasteiger partial charge in [0.25, 0.3) is 0 Å². The summed E-state index contributed by atoms with van der Waals surface area (Å²) in [6, 6.07) is 0.175. The SMILES string of the molecule is ClCOc1ncnc(OCCl)n1. The Balaban J connectivity index is 2.67. The van der Waals surface area contributed by atoms with E-state index >= 15 is 0 Å². The standard InChI is InChI=1S/C5H5Cl2N3O2/c6-1-11-4-8-3-9-5(10-4)12-2-7/h3H,1-2H2. The Kier molecular flexibility index (Phi) is 3.83. The van der Waals surface area contributed by atoms with Gasteiger partial charge in [0.05, 0.1) is 0 Å². The topological polar surface area (TPSA) is 57.1 Å².